The fourth-order valence-electron chi connectivity index (χ4n) is 4.30. The minimum absolute atomic E-state index is 0.625. The van der Waals surface area contributed by atoms with E-state index in [2.05, 4.69) is 48.5 Å². The first-order chi connectivity index (χ1) is 18.2. The summed E-state index contributed by atoms with van der Waals surface area (Å²) >= 11 is 6.25. The van der Waals surface area contributed by atoms with Gasteiger partial charge in [-0.15, -0.1) is 0 Å². The summed E-state index contributed by atoms with van der Waals surface area (Å²) in [7, 11) is 0. The third-order valence-electron chi connectivity index (χ3n) is 6.20. The SMILES string of the molecule is Clc1cccc(-c2cccc(-c3nc(-c4ccccc4)nc(-c4ccc(-c5ccccc5)cc4)n3)c2)c1. The molecular formula is C33H22ClN3. The Hall–Kier alpha value is -4.60. The molecule has 0 amide bonds. The highest BCUT2D eigenvalue weighted by atomic mass is 35.5. The molecule has 1 heterocycles. The van der Waals surface area contributed by atoms with Crippen molar-refractivity contribution in [2.24, 2.45) is 0 Å². The number of benzene rings is 5. The number of rotatable bonds is 5. The van der Waals surface area contributed by atoms with Gasteiger partial charge in [-0.1, -0.05) is 127 Å². The zero-order chi connectivity index (χ0) is 25.0. The third-order valence-corrected chi connectivity index (χ3v) is 6.43. The largest absolute Gasteiger partial charge is 0.208 e. The summed E-state index contributed by atoms with van der Waals surface area (Å²) in [6.07, 6.45) is 0. The van der Waals surface area contributed by atoms with Crippen LogP contribution in [-0.2, 0) is 0 Å². The van der Waals surface area contributed by atoms with Gasteiger partial charge < -0.3 is 0 Å². The fraction of sp³-hybridized carbons (Fsp3) is 0. The first kappa shape index (κ1) is 22.8. The molecular weight excluding hydrogens is 474 g/mol. The number of nitrogens with zero attached hydrogens (tertiary/aromatic N) is 3. The maximum Gasteiger partial charge on any atom is 0.164 e. The van der Waals surface area contributed by atoms with Gasteiger partial charge >= 0.3 is 0 Å². The lowest BCUT2D eigenvalue weighted by atomic mass is 10.0. The van der Waals surface area contributed by atoms with Crippen LogP contribution in [0.2, 0.25) is 5.02 Å². The molecule has 0 N–H and O–H groups in total. The van der Waals surface area contributed by atoms with Crippen LogP contribution in [0.25, 0.3) is 56.4 Å². The normalized spacial score (nSPS) is 10.8. The van der Waals surface area contributed by atoms with Gasteiger partial charge in [0.2, 0.25) is 0 Å². The Kier molecular flexibility index (Phi) is 6.28. The highest BCUT2D eigenvalue weighted by molar-refractivity contribution is 6.30. The summed E-state index contributed by atoms with van der Waals surface area (Å²) < 4.78 is 0. The molecule has 0 unspecified atom stereocenters. The summed E-state index contributed by atoms with van der Waals surface area (Å²) in [6, 6.07) is 44.7. The maximum atomic E-state index is 6.25. The number of halogens is 1. The van der Waals surface area contributed by atoms with Gasteiger partial charge in [0, 0.05) is 21.7 Å². The van der Waals surface area contributed by atoms with E-state index in [0.717, 1.165) is 33.4 Å². The van der Waals surface area contributed by atoms with Crippen molar-refractivity contribution in [3.8, 4) is 56.4 Å². The second kappa shape index (κ2) is 10.2. The second-order valence-electron chi connectivity index (χ2n) is 8.71. The number of hydrogen-bond donors (Lipinski definition) is 0. The molecule has 0 bridgehead atoms. The minimum atomic E-state index is 0.625. The standard InChI is InChI=1S/C33H22ClN3/c34-30-16-8-14-28(22-30)27-13-7-15-29(21-27)33-36-31(25-11-5-2-6-12-25)35-32(37-33)26-19-17-24(18-20-26)23-9-3-1-4-10-23/h1-22H. The van der Waals surface area contributed by atoms with Gasteiger partial charge in [-0.3, -0.25) is 0 Å². The summed E-state index contributed by atoms with van der Waals surface area (Å²) in [5.41, 5.74) is 7.22. The van der Waals surface area contributed by atoms with Crippen molar-refractivity contribution in [1.82, 2.24) is 15.0 Å². The average molecular weight is 496 g/mol. The Morgan fingerprint density at radius 1 is 0.324 bits per heavy atom. The zero-order valence-electron chi connectivity index (χ0n) is 19.9. The minimum Gasteiger partial charge on any atom is -0.208 e. The van der Waals surface area contributed by atoms with Crippen LogP contribution >= 0.6 is 11.6 Å². The van der Waals surface area contributed by atoms with Gasteiger partial charge in [0.15, 0.2) is 17.5 Å². The first-order valence-corrected chi connectivity index (χ1v) is 12.4. The van der Waals surface area contributed by atoms with E-state index in [-0.39, 0.29) is 0 Å². The van der Waals surface area contributed by atoms with Crippen LogP contribution in [-0.4, -0.2) is 15.0 Å². The van der Waals surface area contributed by atoms with Crippen LogP contribution in [0.15, 0.2) is 133 Å². The second-order valence-corrected chi connectivity index (χ2v) is 9.14. The van der Waals surface area contributed by atoms with Crippen molar-refractivity contribution in [3.05, 3.63) is 138 Å². The van der Waals surface area contributed by atoms with E-state index >= 15 is 0 Å². The Morgan fingerprint density at radius 2 is 0.730 bits per heavy atom. The molecule has 0 aliphatic heterocycles. The topological polar surface area (TPSA) is 38.7 Å². The third kappa shape index (κ3) is 5.04. The summed E-state index contributed by atoms with van der Waals surface area (Å²) in [6.45, 7) is 0. The molecule has 5 aromatic carbocycles. The Labute approximate surface area is 221 Å². The molecule has 4 heteroatoms. The van der Waals surface area contributed by atoms with Crippen molar-refractivity contribution < 1.29 is 0 Å². The van der Waals surface area contributed by atoms with Crippen LogP contribution in [0.1, 0.15) is 0 Å². The van der Waals surface area contributed by atoms with E-state index in [4.69, 9.17) is 26.6 Å². The Bertz CT molecular complexity index is 1660. The Balaban J connectivity index is 1.45. The van der Waals surface area contributed by atoms with Gasteiger partial charge in [-0.25, -0.2) is 15.0 Å². The van der Waals surface area contributed by atoms with Crippen molar-refractivity contribution in [2.75, 3.05) is 0 Å². The lowest BCUT2D eigenvalue weighted by molar-refractivity contribution is 1.07. The molecule has 0 aliphatic rings. The van der Waals surface area contributed by atoms with E-state index in [0.29, 0.717) is 22.5 Å². The summed E-state index contributed by atoms with van der Waals surface area (Å²) in [5, 5.41) is 0.704. The van der Waals surface area contributed by atoms with E-state index in [1.165, 1.54) is 5.56 Å². The van der Waals surface area contributed by atoms with Crippen LogP contribution in [0.3, 0.4) is 0 Å². The summed E-state index contributed by atoms with van der Waals surface area (Å²) in [4.78, 5) is 14.6. The predicted octanol–water partition coefficient (Wildman–Crippen LogP) is 8.86. The maximum absolute atomic E-state index is 6.25. The molecule has 0 atom stereocenters. The molecule has 0 fully saturated rings. The molecule has 0 saturated carbocycles. The number of hydrogen-bond acceptors (Lipinski definition) is 3. The van der Waals surface area contributed by atoms with Crippen molar-refractivity contribution in [1.29, 1.82) is 0 Å². The first-order valence-electron chi connectivity index (χ1n) is 12.1. The van der Waals surface area contributed by atoms with Crippen LogP contribution in [0.4, 0.5) is 0 Å². The molecule has 0 radical (unpaired) electrons. The quantitative estimate of drug-likeness (QED) is 0.240. The molecule has 6 rings (SSSR count). The van der Waals surface area contributed by atoms with E-state index in [1.54, 1.807) is 0 Å². The van der Waals surface area contributed by atoms with Gasteiger partial charge in [0.25, 0.3) is 0 Å². The molecule has 0 saturated heterocycles. The molecule has 0 aliphatic carbocycles. The highest BCUT2D eigenvalue weighted by Crippen LogP contribution is 2.30. The van der Waals surface area contributed by atoms with Gasteiger partial charge in [-0.05, 0) is 40.5 Å². The van der Waals surface area contributed by atoms with E-state index < -0.39 is 0 Å². The highest BCUT2D eigenvalue weighted by Gasteiger charge is 2.13. The lowest BCUT2D eigenvalue weighted by Crippen LogP contribution is -2.00. The van der Waals surface area contributed by atoms with Crippen molar-refractivity contribution in [3.63, 3.8) is 0 Å². The van der Waals surface area contributed by atoms with Crippen LogP contribution in [0, 0.1) is 0 Å². The molecule has 3 nitrogen and oxygen atoms in total. The van der Waals surface area contributed by atoms with Crippen molar-refractivity contribution in [2.45, 2.75) is 0 Å². The molecule has 176 valence electrons. The fourth-order valence-corrected chi connectivity index (χ4v) is 4.49. The monoisotopic (exact) mass is 495 g/mol. The van der Waals surface area contributed by atoms with E-state index in [1.807, 2.05) is 84.9 Å². The molecule has 0 spiro atoms. The molecule has 6 aromatic rings. The molecule has 37 heavy (non-hydrogen) atoms. The van der Waals surface area contributed by atoms with Crippen LogP contribution < -0.4 is 0 Å². The van der Waals surface area contributed by atoms with Gasteiger partial charge in [-0.2, -0.15) is 0 Å². The Morgan fingerprint density at radius 3 is 1.35 bits per heavy atom. The molecule has 1 aromatic heterocycles. The summed E-state index contributed by atoms with van der Waals surface area (Å²) in [5.74, 6) is 1.90. The van der Waals surface area contributed by atoms with Crippen LogP contribution in [0.5, 0.6) is 0 Å². The average Bonchev–Trinajstić information content (AvgIpc) is 2.98. The zero-order valence-corrected chi connectivity index (χ0v) is 20.7. The van der Waals surface area contributed by atoms with E-state index in [9.17, 15) is 0 Å². The van der Waals surface area contributed by atoms with Crippen molar-refractivity contribution >= 4 is 11.6 Å². The predicted molar refractivity (Wildman–Crippen MR) is 152 cm³/mol. The van der Waals surface area contributed by atoms with Gasteiger partial charge in [0.1, 0.15) is 0 Å². The van der Waals surface area contributed by atoms with Gasteiger partial charge in [0.05, 0.1) is 0 Å². The smallest absolute Gasteiger partial charge is 0.164 e. The number of aromatic nitrogens is 3. The lowest BCUT2D eigenvalue weighted by Gasteiger charge is -2.10.